The average molecular weight is 256 g/mol. The van der Waals surface area contributed by atoms with Crippen LogP contribution >= 0.6 is 11.6 Å². The van der Waals surface area contributed by atoms with Crippen molar-refractivity contribution in [2.24, 2.45) is 5.41 Å². The Morgan fingerprint density at radius 3 is 2.53 bits per heavy atom. The summed E-state index contributed by atoms with van der Waals surface area (Å²) in [6, 6.07) is 0. The number of hydrogen-bond donors (Lipinski definition) is 0. The van der Waals surface area contributed by atoms with Gasteiger partial charge in [0.25, 0.3) is 0 Å². The fourth-order valence-electron chi connectivity index (χ4n) is 1.92. The van der Waals surface area contributed by atoms with E-state index in [1.807, 2.05) is 13.1 Å². The molecule has 0 aliphatic rings. The van der Waals surface area contributed by atoms with Gasteiger partial charge >= 0.3 is 0 Å². The molecule has 0 bridgehead atoms. The maximum absolute atomic E-state index is 6.06. The molecule has 1 heterocycles. The highest BCUT2D eigenvalue weighted by atomic mass is 35.5. The molecule has 96 valence electrons. The van der Waals surface area contributed by atoms with Crippen molar-refractivity contribution < 1.29 is 4.74 Å². The molecule has 1 aromatic rings. The second-order valence-corrected chi connectivity index (χ2v) is 5.29. The highest BCUT2D eigenvalue weighted by molar-refractivity contribution is 6.18. The maximum atomic E-state index is 6.06. The molecule has 1 unspecified atom stereocenters. The van der Waals surface area contributed by atoms with Gasteiger partial charge in [-0.2, -0.15) is 0 Å². The minimum atomic E-state index is 0.111. The first-order valence-electron chi connectivity index (χ1n) is 6.02. The first-order chi connectivity index (χ1) is 7.97. The van der Waals surface area contributed by atoms with Crippen molar-refractivity contribution in [1.29, 1.82) is 0 Å². The van der Waals surface area contributed by atoms with Crippen molar-refractivity contribution >= 4 is 11.6 Å². The first kappa shape index (κ1) is 14.3. The van der Waals surface area contributed by atoms with Crippen molar-refractivity contribution in [2.75, 3.05) is 13.0 Å². The number of alkyl halides is 1. The Morgan fingerprint density at radius 2 is 2.06 bits per heavy atom. The van der Waals surface area contributed by atoms with E-state index in [0.29, 0.717) is 5.88 Å². The lowest BCUT2D eigenvalue weighted by atomic mass is 9.83. The van der Waals surface area contributed by atoms with E-state index >= 15 is 0 Å². The third-order valence-electron chi connectivity index (χ3n) is 3.52. The Labute approximate surface area is 109 Å². The topological polar surface area (TPSA) is 22.1 Å². The van der Waals surface area contributed by atoms with Crippen LogP contribution in [0.1, 0.15) is 37.1 Å². The highest BCUT2D eigenvalue weighted by Crippen LogP contribution is 2.31. The summed E-state index contributed by atoms with van der Waals surface area (Å²) in [5, 5.41) is 0. The van der Waals surface area contributed by atoms with Crippen molar-refractivity contribution in [1.82, 2.24) is 4.98 Å². The van der Waals surface area contributed by atoms with Crippen LogP contribution < -0.4 is 4.74 Å². The zero-order valence-corrected chi connectivity index (χ0v) is 12.2. The molecule has 0 fully saturated rings. The summed E-state index contributed by atoms with van der Waals surface area (Å²) < 4.78 is 5.43. The van der Waals surface area contributed by atoms with Crippen LogP contribution in [0, 0.1) is 19.3 Å². The zero-order chi connectivity index (χ0) is 13.1. The van der Waals surface area contributed by atoms with Crippen molar-refractivity contribution in [2.45, 2.75) is 40.5 Å². The van der Waals surface area contributed by atoms with Gasteiger partial charge in [-0.25, -0.2) is 0 Å². The molecule has 17 heavy (non-hydrogen) atoms. The highest BCUT2D eigenvalue weighted by Gasteiger charge is 2.24. The number of rotatable bonds is 5. The summed E-state index contributed by atoms with van der Waals surface area (Å²) in [4.78, 5) is 4.53. The van der Waals surface area contributed by atoms with Crippen LogP contribution in [0.15, 0.2) is 6.20 Å². The van der Waals surface area contributed by atoms with Crippen LogP contribution in [-0.2, 0) is 6.42 Å². The van der Waals surface area contributed by atoms with E-state index in [2.05, 4.69) is 25.8 Å². The summed E-state index contributed by atoms with van der Waals surface area (Å²) in [6.45, 7) is 8.46. The molecular weight excluding hydrogens is 234 g/mol. The van der Waals surface area contributed by atoms with E-state index in [1.165, 1.54) is 0 Å². The number of halogens is 1. The molecule has 0 amide bonds. The Morgan fingerprint density at radius 1 is 1.41 bits per heavy atom. The number of nitrogens with zero attached hydrogens (tertiary/aromatic N) is 1. The van der Waals surface area contributed by atoms with Gasteiger partial charge in [0, 0.05) is 28.9 Å². The first-order valence-corrected chi connectivity index (χ1v) is 6.56. The number of pyridine rings is 1. The fraction of sp³-hybridized carbons (Fsp3) is 0.643. The molecule has 0 aliphatic heterocycles. The van der Waals surface area contributed by atoms with Crippen molar-refractivity contribution in [3.8, 4) is 5.75 Å². The summed E-state index contributed by atoms with van der Waals surface area (Å²) >= 11 is 6.06. The van der Waals surface area contributed by atoms with Crippen LogP contribution in [0.3, 0.4) is 0 Å². The fourth-order valence-corrected chi connectivity index (χ4v) is 2.20. The minimum Gasteiger partial charge on any atom is -0.496 e. The SMILES string of the molecule is CCC(C)(CCl)Cc1ncc(C)c(OC)c1C. The Balaban J connectivity index is 3.08. The lowest BCUT2D eigenvalue weighted by molar-refractivity contribution is 0.348. The molecule has 0 radical (unpaired) electrons. The van der Waals surface area contributed by atoms with Crippen LogP contribution in [0.5, 0.6) is 5.75 Å². The molecule has 1 aromatic heterocycles. The normalized spacial score (nSPS) is 14.5. The predicted molar refractivity (Wildman–Crippen MR) is 73.1 cm³/mol. The van der Waals surface area contributed by atoms with Gasteiger partial charge in [0.1, 0.15) is 5.75 Å². The van der Waals surface area contributed by atoms with Gasteiger partial charge in [0.2, 0.25) is 0 Å². The molecule has 0 aromatic carbocycles. The maximum Gasteiger partial charge on any atom is 0.128 e. The van der Waals surface area contributed by atoms with Crippen LogP contribution in [0.25, 0.3) is 0 Å². The molecule has 0 saturated carbocycles. The van der Waals surface area contributed by atoms with Gasteiger partial charge in [0.15, 0.2) is 0 Å². The van der Waals surface area contributed by atoms with Gasteiger partial charge in [-0.15, -0.1) is 11.6 Å². The van der Waals surface area contributed by atoms with Crippen LogP contribution in [0.4, 0.5) is 0 Å². The third-order valence-corrected chi connectivity index (χ3v) is 4.17. The average Bonchev–Trinajstić information content (AvgIpc) is 2.33. The molecule has 0 saturated heterocycles. The zero-order valence-electron chi connectivity index (χ0n) is 11.4. The summed E-state index contributed by atoms with van der Waals surface area (Å²) in [7, 11) is 1.71. The molecule has 0 aliphatic carbocycles. The van der Waals surface area contributed by atoms with Gasteiger partial charge in [-0.1, -0.05) is 13.8 Å². The second-order valence-electron chi connectivity index (χ2n) is 5.02. The van der Waals surface area contributed by atoms with E-state index in [-0.39, 0.29) is 5.41 Å². The van der Waals surface area contributed by atoms with E-state index in [1.54, 1.807) is 7.11 Å². The monoisotopic (exact) mass is 255 g/mol. The Bertz CT molecular complexity index is 386. The molecule has 1 rings (SSSR count). The standard InChI is InChI=1S/C14H22ClNO/c1-6-14(4,9-15)7-12-11(3)13(17-5)10(2)8-16-12/h8H,6-7,9H2,1-5H3. The van der Waals surface area contributed by atoms with Gasteiger partial charge < -0.3 is 4.74 Å². The molecule has 1 atom stereocenters. The molecule has 0 N–H and O–H groups in total. The number of ether oxygens (including phenoxy) is 1. The quantitative estimate of drug-likeness (QED) is 0.745. The summed E-state index contributed by atoms with van der Waals surface area (Å²) in [6.07, 6.45) is 3.83. The Kier molecular flexibility index (Phi) is 4.81. The van der Waals surface area contributed by atoms with Gasteiger partial charge in [-0.05, 0) is 32.1 Å². The predicted octanol–water partition coefficient (Wildman–Crippen LogP) is 3.90. The third kappa shape index (κ3) is 3.12. The molecule has 3 heteroatoms. The Hall–Kier alpha value is -0.760. The molecule has 2 nitrogen and oxygen atoms in total. The van der Waals surface area contributed by atoms with Crippen molar-refractivity contribution in [3.05, 3.63) is 23.0 Å². The van der Waals surface area contributed by atoms with Gasteiger partial charge in [-0.3, -0.25) is 4.98 Å². The van der Waals surface area contributed by atoms with E-state index < -0.39 is 0 Å². The number of aromatic nitrogens is 1. The number of methoxy groups -OCH3 is 1. The summed E-state index contributed by atoms with van der Waals surface area (Å²) in [5.74, 6) is 1.60. The lowest BCUT2D eigenvalue weighted by Gasteiger charge is -2.26. The minimum absolute atomic E-state index is 0.111. The lowest BCUT2D eigenvalue weighted by Crippen LogP contribution is -2.22. The van der Waals surface area contributed by atoms with E-state index in [0.717, 1.165) is 35.4 Å². The van der Waals surface area contributed by atoms with E-state index in [4.69, 9.17) is 16.3 Å². The largest absolute Gasteiger partial charge is 0.496 e. The van der Waals surface area contributed by atoms with Crippen LogP contribution in [0.2, 0.25) is 0 Å². The number of aryl methyl sites for hydroxylation is 1. The van der Waals surface area contributed by atoms with Gasteiger partial charge in [0.05, 0.1) is 7.11 Å². The van der Waals surface area contributed by atoms with Crippen LogP contribution in [-0.4, -0.2) is 18.0 Å². The smallest absolute Gasteiger partial charge is 0.128 e. The number of hydrogen-bond acceptors (Lipinski definition) is 2. The van der Waals surface area contributed by atoms with E-state index in [9.17, 15) is 0 Å². The molecular formula is C14H22ClNO. The second kappa shape index (κ2) is 5.72. The van der Waals surface area contributed by atoms with Crippen molar-refractivity contribution in [3.63, 3.8) is 0 Å². The molecule has 0 spiro atoms. The summed E-state index contributed by atoms with van der Waals surface area (Å²) in [5.41, 5.74) is 3.42.